The highest BCUT2D eigenvalue weighted by molar-refractivity contribution is 6.04. The maximum atomic E-state index is 12.8. The van der Waals surface area contributed by atoms with Gasteiger partial charge in [0.1, 0.15) is 23.9 Å². The molecule has 1 atom stereocenters. The summed E-state index contributed by atoms with van der Waals surface area (Å²) in [5.41, 5.74) is 1.55. The van der Waals surface area contributed by atoms with Gasteiger partial charge in [-0.3, -0.25) is 4.79 Å². The van der Waals surface area contributed by atoms with E-state index in [1.165, 1.54) is 0 Å². The summed E-state index contributed by atoms with van der Waals surface area (Å²) >= 11 is 0. The Morgan fingerprint density at radius 1 is 1.23 bits per heavy atom. The molecule has 0 saturated carbocycles. The maximum absolute atomic E-state index is 12.8. The first-order valence-corrected chi connectivity index (χ1v) is 7.43. The standard InChI is InChI=1S/C19H18O3/c1-3-11-21-13-9-10-16-18(12-13)22-17-8-6-5-7-15(17)14(4-2)19(16)20/h3,5-10,12,14H,1,4,11H2,2H3/t14-/m0/s1. The van der Waals surface area contributed by atoms with Crippen LogP contribution in [0.25, 0.3) is 0 Å². The van der Waals surface area contributed by atoms with E-state index in [4.69, 9.17) is 9.47 Å². The molecule has 3 nitrogen and oxygen atoms in total. The zero-order chi connectivity index (χ0) is 15.5. The van der Waals surface area contributed by atoms with Gasteiger partial charge in [-0.2, -0.15) is 0 Å². The lowest BCUT2D eigenvalue weighted by atomic mass is 9.88. The molecule has 0 unspecified atom stereocenters. The van der Waals surface area contributed by atoms with Gasteiger partial charge in [-0.1, -0.05) is 37.8 Å². The van der Waals surface area contributed by atoms with Crippen LogP contribution in [0.2, 0.25) is 0 Å². The number of carbonyl (C=O) groups excluding carboxylic acids is 1. The third-order valence-electron chi connectivity index (χ3n) is 3.83. The summed E-state index contributed by atoms with van der Waals surface area (Å²) in [4.78, 5) is 12.8. The van der Waals surface area contributed by atoms with Crippen LogP contribution in [0.5, 0.6) is 17.2 Å². The highest BCUT2D eigenvalue weighted by atomic mass is 16.5. The number of fused-ring (bicyclic) bond motifs is 2. The van der Waals surface area contributed by atoms with Gasteiger partial charge in [0.2, 0.25) is 0 Å². The summed E-state index contributed by atoms with van der Waals surface area (Å²) in [6, 6.07) is 13.1. The lowest BCUT2D eigenvalue weighted by molar-refractivity contribution is 0.0958. The van der Waals surface area contributed by atoms with E-state index in [2.05, 4.69) is 6.58 Å². The second kappa shape index (κ2) is 6.06. The van der Waals surface area contributed by atoms with Crippen molar-refractivity contribution < 1.29 is 14.3 Å². The van der Waals surface area contributed by atoms with Crippen molar-refractivity contribution >= 4 is 5.78 Å². The van der Waals surface area contributed by atoms with E-state index in [9.17, 15) is 4.79 Å². The van der Waals surface area contributed by atoms with E-state index in [0.717, 1.165) is 17.7 Å². The molecule has 0 amide bonds. The van der Waals surface area contributed by atoms with E-state index >= 15 is 0 Å². The third kappa shape index (κ3) is 2.50. The molecule has 2 aromatic carbocycles. The molecule has 1 aliphatic rings. The number of hydrogen-bond donors (Lipinski definition) is 0. The minimum atomic E-state index is -0.169. The Kier molecular flexibility index (Phi) is 3.96. The van der Waals surface area contributed by atoms with Gasteiger partial charge in [-0.25, -0.2) is 0 Å². The predicted octanol–water partition coefficient (Wildman–Crippen LogP) is 4.73. The monoisotopic (exact) mass is 294 g/mol. The molecule has 0 bridgehead atoms. The smallest absolute Gasteiger partial charge is 0.174 e. The predicted molar refractivity (Wildman–Crippen MR) is 86.0 cm³/mol. The fourth-order valence-electron chi connectivity index (χ4n) is 2.75. The first kappa shape index (κ1) is 14.4. The fourth-order valence-corrected chi connectivity index (χ4v) is 2.75. The molecule has 0 saturated heterocycles. The zero-order valence-electron chi connectivity index (χ0n) is 12.5. The van der Waals surface area contributed by atoms with Gasteiger partial charge in [-0.05, 0) is 24.6 Å². The molecule has 0 spiro atoms. The summed E-state index contributed by atoms with van der Waals surface area (Å²) in [7, 11) is 0. The summed E-state index contributed by atoms with van der Waals surface area (Å²) in [6.45, 7) is 6.07. The van der Waals surface area contributed by atoms with Crippen molar-refractivity contribution in [2.24, 2.45) is 0 Å². The number of rotatable bonds is 4. The number of carbonyl (C=O) groups is 1. The van der Waals surface area contributed by atoms with Crippen molar-refractivity contribution in [3.8, 4) is 17.2 Å². The highest BCUT2D eigenvalue weighted by Crippen LogP contribution is 2.41. The topological polar surface area (TPSA) is 35.5 Å². The number of ketones is 1. The molecule has 1 heterocycles. The minimum Gasteiger partial charge on any atom is -0.489 e. The van der Waals surface area contributed by atoms with Crippen LogP contribution in [0.1, 0.15) is 35.2 Å². The lowest BCUT2D eigenvalue weighted by Gasteiger charge is -2.12. The van der Waals surface area contributed by atoms with Crippen LogP contribution in [-0.2, 0) is 0 Å². The summed E-state index contributed by atoms with van der Waals surface area (Å²) in [6.07, 6.45) is 2.42. The van der Waals surface area contributed by atoms with Crippen LogP contribution in [-0.4, -0.2) is 12.4 Å². The molecule has 0 radical (unpaired) electrons. The Labute approximate surface area is 130 Å². The van der Waals surface area contributed by atoms with E-state index in [1.54, 1.807) is 24.3 Å². The molecule has 22 heavy (non-hydrogen) atoms. The molecule has 3 rings (SSSR count). The molecule has 112 valence electrons. The molecular weight excluding hydrogens is 276 g/mol. The Balaban J connectivity index is 2.08. The Morgan fingerprint density at radius 3 is 2.82 bits per heavy atom. The number of hydrogen-bond acceptors (Lipinski definition) is 3. The first-order valence-electron chi connectivity index (χ1n) is 7.43. The summed E-state index contributed by atoms with van der Waals surface area (Å²) in [5, 5.41) is 0. The van der Waals surface area contributed by atoms with Gasteiger partial charge in [0.15, 0.2) is 5.78 Å². The zero-order valence-corrected chi connectivity index (χ0v) is 12.5. The van der Waals surface area contributed by atoms with Crippen LogP contribution < -0.4 is 9.47 Å². The van der Waals surface area contributed by atoms with Crippen LogP contribution >= 0.6 is 0 Å². The van der Waals surface area contributed by atoms with E-state index in [1.807, 2.05) is 31.2 Å². The van der Waals surface area contributed by atoms with Gasteiger partial charge in [0.05, 0.1) is 11.5 Å². The van der Waals surface area contributed by atoms with E-state index < -0.39 is 0 Å². The SMILES string of the molecule is C=CCOc1ccc2c(c1)Oc1ccccc1[C@H](CC)C2=O. The number of para-hydroxylation sites is 1. The van der Waals surface area contributed by atoms with Gasteiger partial charge >= 0.3 is 0 Å². The normalized spacial score (nSPS) is 16.0. The van der Waals surface area contributed by atoms with Crippen LogP contribution in [0, 0.1) is 0 Å². The van der Waals surface area contributed by atoms with Gasteiger partial charge in [-0.15, -0.1) is 0 Å². The molecular formula is C19H18O3. The lowest BCUT2D eigenvalue weighted by Crippen LogP contribution is -2.10. The van der Waals surface area contributed by atoms with Crippen molar-refractivity contribution in [3.63, 3.8) is 0 Å². The van der Waals surface area contributed by atoms with Crippen LogP contribution in [0.4, 0.5) is 0 Å². The van der Waals surface area contributed by atoms with Gasteiger partial charge < -0.3 is 9.47 Å². The molecule has 0 N–H and O–H groups in total. The highest BCUT2D eigenvalue weighted by Gasteiger charge is 2.29. The van der Waals surface area contributed by atoms with E-state index in [0.29, 0.717) is 23.7 Å². The van der Waals surface area contributed by atoms with Crippen molar-refractivity contribution in [1.82, 2.24) is 0 Å². The molecule has 3 heteroatoms. The molecule has 0 aromatic heterocycles. The van der Waals surface area contributed by atoms with Crippen molar-refractivity contribution in [3.05, 3.63) is 66.2 Å². The Hall–Kier alpha value is -2.55. The average Bonchev–Trinajstić information content (AvgIpc) is 2.66. The summed E-state index contributed by atoms with van der Waals surface area (Å²) in [5.74, 6) is 1.88. The van der Waals surface area contributed by atoms with Crippen molar-refractivity contribution in [1.29, 1.82) is 0 Å². The van der Waals surface area contributed by atoms with E-state index in [-0.39, 0.29) is 11.7 Å². The maximum Gasteiger partial charge on any atom is 0.174 e. The average molecular weight is 294 g/mol. The minimum absolute atomic E-state index is 0.0951. The fraction of sp³-hybridized carbons (Fsp3) is 0.211. The molecule has 0 aliphatic carbocycles. The van der Waals surface area contributed by atoms with Crippen LogP contribution in [0.3, 0.4) is 0 Å². The second-order valence-corrected chi connectivity index (χ2v) is 5.22. The first-order chi connectivity index (χ1) is 10.7. The van der Waals surface area contributed by atoms with Crippen molar-refractivity contribution in [2.75, 3.05) is 6.61 Å². The Morgan fingerprint density at radius 2 is 2.05 bits per heavy atom. The number of benzene rings is 2. The molecule has 1 aliphatic heterocycles. The molecule has 0 fully saturated rings. The number of Topliss-reactive ketones (excluding diaryl/α,β-unsaturated/α-hetero) is 1. The second-order valence-electron chi connectivity index (χ2n) is 5.22. The van der Waals surface area contributed by atoms with Gasteiger partial charge in [0, 0.05) is 11.6 Å². The Bertz CT molecular complexity index is 718. The quantitative estimate of drug-likeness (QED) is 0.764. The summed E-state index contributed by atoms with van der Waals surface area (Å²) < 4.78 is 11.5. The third-order valence-corrected chi connectivity index (χ3v) is 3.83. The van der Waals surface area contributed by atoms with Gasteiger partial charge in [0.25, 0.3) is 0 Å². The van der Waals surface area contributed by atoms with Crippen LogP contribution in [0.15, 0.2) is 55.1 Å². The molecule has 2 aromatic rings. The number of ether oxygens (including phenoxy) is 2. The largest absolute Gasteiger partial charge is 0.489 e. The van der Waals surface area contributed by atoms with Crippen molar-refractivity contribution in [2.45, 2.75) is 19.3 Å².